The van der Waals surface area contributed by atoms with E-state index in [1.165, 1.54) is 167 Å². The molecular weight excluding hydrogens is 3090 g/mol. The summed E-state index contributed by atoms with van der Waals surface area (Å²) >= 11 is 0. The second kappa shape index (κ2) is 94.7. The molecule has 0 saturated carbocycles. The number of aryl methyl sites for hydroxylation is 7. The summed E-state index contributed by atoms with van der Waals surface area (Å²) in [4.78, 5) is 0. The van der Waals surface area contributed by atoms with Crippen LogP contribution in [0.5, 0.6) is 0 Å². The van der Waals surface area contributed by atoms with Crippen LogP contribution in [0, 0.1) is 217 Å². The monoisotopic (exact) mass is 3180 g/mol. The molecule has 0 N–H and O–H groups in total. The molecule has 0 unspecified atom stereocenters. The van der Waals surface area contributed by atoms with Crippen LogP contribution >= 0.6 is 0 Å². The average Bonchev–Trinajstić information content (AvgIpc) is 3.26. The van der Waals surface area contributed by atoms with Gasteiger partial charge in [-0.05, 0) is 217 Å². The molecule has 6 aromatic carbocycles. The largest absolute Gasteiger partial charge is 0.353 e. The van der Waals surface area contributed by atoms with Crippen LogP contribution in [0.15, 0.2) is 0 Å². The first-order chi connectivity index (χ1) is 30.0. The topological polar surface area (TPSA) is 0 Å². The van der Waals surface area contributed by atoms with Gasteiger partial charge >= 0.3 is 0 Å². The Morgan fingerprint density at radius 2 is 0.308 bits per heavy atom. The molecular formula is C65H85Y26-5. The van der Waals surface area contributed by atoms with Crippen molar-refractivity contribution in [2.45, 2.75) is 200 Å². The summed E-state index contributed by atoms with van der Waals surface area (Å²) in [6.07, 6.45) is 1.89. The van der Waals surface area contributed by atoms with Crippen molar-refractivity contribution in [3.05, 3.63) is 203 Å². The van der Waals surface area contributed by atoms with Crippen LogP contribution in [-0.4, -0.2) is 0 Å². The van der Waals surface area contributed by atoms with Gasteiger partial charge in [-0.15, -0.1) is 34.1 Å². The summed E-state index contributed by atoms with van der Waals surface area (Å²) in [7, 11) is 0. The summed E-state index contributed by atoms with van der Waals surface area (Å²) in [5.74, 6) is 0. The summed E-state index contributed by atoms with van der Waals surface area (Å²) in [6, 6.07) is 17.1. The normalized spacial score (nSPS) is 7.73. The van der Waals surface area contributed by atoms with Crippen LogP contribution in [0.25, 0.3) is 0 Å². The first kappa shape index (κ1) is 180. The SMILES string of the molecule is Cc1[c-]c(C)c(C)c(C)c1C.Cc1[c-]c(C)c(Cc2[c-]c(C)c(C)c(C)[c-]2)[c-]c1C.Cc1c(C)c(C)c(C)c(C)c1C.Cc1c(C)c(C)c(Cc2c(C)c(C)c(C)c(C)c2C)c(C)c1C.[Y].[Y].[Y].[Y].[Y].[Y].[Y].[Y].[Y].[Y].[Y].[Y].[Y].[Y].[Y].[Y].[Y].[Y].[Y].[Y].[Y].[Y].[Y].[Y].[Y].[Y]. The van der Waals surface area contributed by atoms with Crippen molar-refractivity contribution in [2.75, 3.05) is 0 Å². The molecule has 0 fully saturated rings. The molecule has 0 aromatic heterocycles. The van der Waals surface area contributed by atoms with Gasteiger partial charge in [0.05, 0.1) is 0 Å². The smallest absolute Gasteiger partial charge is 0 e. The molecule has 428 valence electrons. The molecule has 0 heterocycles. The minimum absolute atomic E-state index is 0. The van der Waals surface area contributed by atoms with E-state index >= 15 is 0 Å². The van der Waals surface area contributed by atoms with Crippen LogP contribution in [-0.2, 0) is 863 Å². The van der Waals surface area contributed by atoms with Crippen molar-refractivity contribution < 1.29 is 850 Å². The van der Waals surface area contributed by atoms with Gasteiger partial charge in [-0.2, -0.15) is 33.9 Å². The fourth-order valence-corrected chi connectivity index (χ4v) is 9.12. The van der Waals surface area contributed by atoms with Gasteiger partial charge in [-0.1, -0.05) is 48.5 Å². The molecule has 26 radical (unpaired) electrons. The second-order valence-corrected chi connectivity index (χ2v) is 19.8. The minimum atomic E-state index is 0. The van der Waals surface area contributed by atoms with Crippen molar-refractivity contribution in [3.63, 3.8) is 0 Å². The Labute approximate surface area is 1220 Å². The van der Waals surface area contributed by atoms with Crippen molar-refractivity contribution in [2.24, 2.45) is 0 Å². The van der Waals surface area contributed by atoms with Crippen LogP contribution < -0.4 is 0 Å². The van der Waals surface area contributed by atoms with Crippen LogP contribution in [0.2, 0.25) is 0 Å². The maximum atomic E-state index is 3.47. The van der Waals surface area contributed by atoms with E-state index in [0.29, 0.717) is 0 Å². The van der Waals surface area contributed by atoms with E-state index in [1.54, 1.807) is 0 Å². The zero-order valence-electron chi connectivity index (χ0n) is 61.4. The third-order valence-electron chi connectivity index (χ3n) is 16.5. The molecule has 0 atom stereocenters. The molecule has 26 heteroatoms. The number of hydrogen-bond acceptors (Lipinski definition) is 0. The third kappa shape index (κ3) is 58.8. The van der Waals surface area contributed by atoms with E-state index < -0.39 is 0 Å². The Hall–Kier alpha value is 24.0. The molecule has 0 saturated heterocycles. The number of rotatable bonds is 4. The Bertz CT molecular complexity index is 2540. The Morgan fingerprint density at radius 3 is 0.527 bits per heavy atom. The molecule has 0 aliphatic carbocycles. The third-order valence-corrected chi connectivity index (χ3v) is 16.5. The van der Waals surface area contributed by atoms with Gasteiger partial charge in [0.25, 0.3) is 0 Å². The van der Waals surface area contributed by atoms with Crippen LogP contribution in [0.1, 0.15) is 172 Å². The summed E-state index contributed by atoms with van der Waals surface area (Å²) in [5.41, 5.74) is 42.8. The van der Waals surface area contributed by atoms with Crippen molar-refractivity contribution in [1.29, 1.82) is 0 Å². The van der Waals surface area contributed by atoms with E-state index in [4.69, 9.17) is 0 Å². The summed E-state index contributed by atoms with van der Waals surface area (Å²) < 4.78 is 0. The van der Waals surface area contributed by atoms with Gasteiger partial charge in [0.2, 0.25) is 0 Å². The molecule has 0 bridgehead atoms. The molecule has 0 aliphatic heterocycles. The van der Waals surface area contributed by atoms with Gasteiger partial charge in [0, 0.05) is 850 Å². The number of hydrogen-bond donors (Lipinski definition) is 0. The molecule has 6 aromatic rings. The summed E-state index contributed by atoms with van der Waals surface area (Å²) in [5, 5.41) is 0. The second-order valence-electron chi connectivity index (χ2n) is 19.8. The molecule has 0 nitrogen and oxygen atoms in total. The Morgan fingerprint density at radius 1 is 0.143 bits per heavy atom. The summed E-state index contributed by atoms with van der Waals surface area (Å²) in [6.45, 7) is 59.4. The maximum Gasteiger partial charge on any atom is 0 e. The van der Waals surface area contributed by atoms with Crippen LogP contribution in [0.4, 0.5) is 0 Å². The Kier molecular flexibility index (Phi) is 188. The standard InChI is InChI=1S/C23H32.C19H20.C12H18.C11H15.26Y/c1-12-14(3)18(7)22(19(8)15(12)4)11-23-20(9)16(5)13(2)17(6)21(23)10;1-12-7-16(5)19(10-13(12)2)11-18-8-14(3)17(6)15(4)9-18;1-7-8(2)10(4)12(6)11(5)9(7)3;1-7-6-8(2)10(4)11(5)9(7)3;;;;;;;;;;;;;;;;;;;;;;;;;;/h11H2,1-10H3;11H2,1-6H3;1-6H3;1-5H3;;;;;;;;;;;;;;;;;;;;;;;;;;/q;-4;;-1;;;;;;;;;;;;;;;;;;;;;;;;;;. The molecule has 91 heavy (non-hydrogen) atoms. The predicted molar refractivity (Wildman–Crippen MR) is 286 cm³/mol. The van der Waals surface area contributed by atoms with Gasteiger partial charge in [-0.3, -0.25) is 38.9 Å². The fourth-order valence-electron chi connectivity index (χ4n) is 9.12. The van der Waals surface area contributed by atoms with Crippen molar-refractivity contribution in [1.82, 2.24) is 0 Å². The maximum absolute atomic E-state index is 3.47. The van der Waals surface area contributed by atoms with Gasteiger partial charge in [-0.25, -0.2) is 0 Å². The number of benzene rings is 6. The first-order valence-electron chi connectivity index (χ1n) is 23.9. The van der Waals surface area contributed by atoms with E-state index in [2.05, 4.69) is 217 Å². The van der Waals surface area contributed by atoms with Gasteiger partial charge in [0.15, 0.2) is 0 Å². The molecule has 0 amide bonds. The van der Waals surface area contributed by atoms with Gasteiger partial charge < -0.3 is 29.8 Å². The van der Waals surface area contributed by atoms with E-state index in [-0.39, 0.29) is 850 Å². The molecule has 0 aliphatic rings. The Balaban J connectivity index is -0.0000000280. The zero-order valence-corrected chi connectivity index (χ0v) is 135. The molecule has 0 spiro atoms. The van der Waals surface area contributed by atoms with E-state index in [9.17, 15) is 0 Å². The quantitative estimate of drug-likeness (QED) is 0.154. The van der Waals surface area contributed by atoms with Crippen LogP contribution in [0.3, 0.4) is 0 Å². The van der Waals surface area contributed by atoms with E-state index in [0.717, 1.165) is 18.4 Å². The average molecular weight is 3180 g/mol. The zero-order chi connectivity index (χ0) is 49.8. The van der Waals surface area contributed by atoms with E-state index in [1.807, 2.05) is 0 Å². The first-order valence-corrected chi connectivity index (χ1v) is 23.9. The van der Waals surface area contributed by atoms with Gasteiger partial charge in [0.1, 0.15) is 0 Å². The predicted octanol–water partition coefficient (Wildman–Crippen LogP) is 17.2. The molecule has 6 rings (SSSR count). The minimum Gasteiger partial charge on any atom is -0.353 e. The van der Waals surface area contributed by atoms with Crippen molar-refractivity contribution >= 4 is 0 Å². The fraction of sp³-hybridized carbons (Fsp3) is 0.446. The van der Waals surface area contributed by atoms with Crippen molar-refractivity contribution in [3.8, 4) is 0 Å².